The molecule has 3 rings (SSSR count). The summed E-state index contributed by atoms with van der Waals surface area (Å²) < 4.78 is 0. The maximum atomic E-state index is 12.0. The number of carbonyl (C=O) groups excluding carboxylic acids is 1. The van der Waals surface area contributed by atoms with Crippen molar-refractivity contribution in [2.24, 2.45) is 4.99 Å². The fraction of sp³-hybridized carbons (Fsp3) is 0.300. The third-order valence-electron chi connectivity index (χ3n) is 3.31. The zero-order valence-corrected chi connectivity index (χ0v) is 14.7. The van der Waals surface area contributed by atoms with E-state index in [1.165, 1.54) is 0 Å². The summed E-state index contributed by atoms with van der Waals surface area (Å²) in [7, 11) is 1.80. The van der Waals surface area contributed by atoms with Crippen LogP contribution in [0.25, 0.3) is 0 Å². The lowest BCUT2D eigenvalue weighted by Crippen LogP contribution is -2.27. The molecule has 0 aromatic heterocycles. The van der Waals surface area contributed by atoms with Gasteiger partial charge in [-0.25, -0.2) is 0 Å². The van der Waals surface area contributed by atoms with Gasteiger partial charge in [0.05, 0.1) is 11.4 Å². The first-order valence-electron chi connectivity index (χ1n) is 8.23. The van der Waals surface area contributed by atoms with E-state index >= 15 is 0 Å². The van der Waals surface area contributed by atoms with Crippen molar-refractivity contribution in [3.63, 3.8) is 0 Å². The molecule has 1 amide bonds. The molecule has 0 unspecified atom stereocenters. The van der Waals surface area contributed by atoms with Crippen molar-refractivity contribution in [3.05, 3.63) is 65.7 Å². The zero-order valence-electron chi connectivity index (χ0n) is 14.7. The molecule has 0 radical (unpaired) electrons. The van der Waals surface area contributed by atoms with Gasteiger partial charge in [0, 0.05) is 18.2 Å². The van der Waals surface area contributed by atoms with Crippen LogP contribution in [0.4, 0.5) is 5.69 Å². The molecule has 1 heterocycles. The molecule has 0 atom stereocenters. The maximum absolute atomic E-state index is 12.0. The predicted octanol–water partition coefficient (Wildman–Crippen LogP) is 4.55. The molecule has 0 saturated carbocycles. The van der Waals surface area contributed by atoms with E-state index in [2.05, 4.69) is 4.99 Å². The van der Waals surface area contributed by atoms with Gasteiger partial charge in [0.2, 0.25) is 5.91 Å². The number of fused-ring (bicyclic) bond motifs is 1. The summed E-state index contributed by atoms with van der Waals surface area (Å²) in [4.78, 5) is 18.1. The van der Waals surface area contributed by atoms with Crippen LogP contribution in [0.15, 0.2) is 59.6 Å². The van der Waals surface area contributed by atoms with E-state index in [0.29, 0.717) is 0 Å². The third kappa shape index (κ3) is 4.28. The molecule has 0 N–H and O–H groups in total. The SMILES string of the molecule is CC.CC.CN1C(=O)CN=C(c2ccccc2)c2ccccc21. The Bertz CT molecular complexity index is 648. The topological polar surface area (TPSA) is 32.7 Å². The Morgan fingerprint density at radius 2 is 1.43 bits per heavy atom. The van der Waals surface area contributed by atoms with Crippen LogP contribution in [0.3, 0.4) is 0 Å². The van der Waals surface area contributed by atoms with Crippen LogP contribution in [-0.4, -0.2) is 25.2 Å². The summed E-state index contributed by atoms with van der Waals surface area (Å²) in [5.41, 5.74) is 3.83. The van der Waals surface area contributed by atoms with Gasteiger partial charge in [-0.1, -0.05) is 76.2 Å². The van der Waals surface area contributed by atoms with E-state index in [1.807, 2.05) is 82.3 Å². The van der Waals surface area contributed by atoms with Crippen LogP contribution >= 0.6 is 0 Å². The quantitative estimate of drug-likeness (QED) is 0.760. The Morgan fingerprint density at radius 3 is 2.09 bits per heavy atom. The number of likely N-dealkylation sites (N-methyl/N-ethyl adjacent to an activating group) is 1. The lowest BCUT2D eigenvalue weighted by Gasteiger charge is -2.17. The van der Waals surface area contributed by atoms with Gasteiger partial charge in [-0.05, 0) is 6.07 Å². The summed E-state index contributed by atoms with van der Waals surface area (Å²) in [5, 5.41) is 0. The first kappa shape index (κ1) is 18.6. The van der Waals surface area contributed by atoms with Gasteiger partial charge in [-0.15, -0.1) is 0 Å². The Labute approximate surface area is 139 Å². The maximum Gasteiger partial charge on any atom is 0.248 e. The van der Waals surface area contributed by atoms with Crippen molar-refractivity contribution < 1.29 is 4.79 Å². The molecule has 3 heteroatoms. The highest BCUT2D eigenvalue weighted by atomic mass is 16.2. The number of benzodiazepines with no additional fused rings is 1. The predicted molar refractivity (Wildman–Crippen MR) is 99.5 cm³/mol. The van der Waals surface area contributed by atoms with E-state index in [9.17, 15) is 4.79 Å². The van der Waals surface area contributed by atoms with Gasteiger partial charge in [0.1, 0.15) is 6.54 Å². The Kier molecular flexibility index (Phi) is 7.75. The molecule has 1 aliphatic heterocycles. The molecule has 122 valence electrons. The van der Waals surface area contributed by atoms with Crippen molar-refractivity contribution in [3.8, 4) is 0 Å². The molecule has 0 saturated heterocycles. The van der Waals surface area contributed by atoms with Crippen LogP contribution in [-0.2, 0) is 4.79 Å². The van der Waals surface area contributed by atoms with E-state index in [-0.39, 0.29) is 12.5 Å². The average molecular weight is 310 g/mol. The Morgan fingerprint density at radius 1 is 0.870 bits per heavy atom. The molecule has 2 aromatic carbocycles. The molecule has 0 bridgehead atoms. The number of aliphatic imine (C=N–C) groups is 1. The number of hydrogen-bond acceptors (Lipinski definition) is 2. The van der Waals surface area contributed by atoms with Crippen molar-refractivity contribution >= 4 is 17.3 Å². The molecular weight excluding hydrogens is 284 g/mol. The lowest BCUT2D eigenvalue weighted by molar-refractivity contribution is -0.116. The smallest absolute Gasteiger partial charge is 0.248 e. The normalized spacial score (nSPS) is 12.7. The van der Waals surface area contributed by atoms with Crippen molar-refractivity contribution in [1.82, 2.24) is 0 Å². The standard InChI is InChI=1S/C16H14N2O.2C2H6/c1-18-14-10-6-5-9-13(14)16(17-11-15(18)19)12-7-3-2-4-8-12;2*1-2/h2-10H,11H2,1H3;2*1-2H3. The van der Waals surface area contributed by atoms with E-state index in [4.69, 9.17) is 0 Å². The highest BCUT2D eigenvalue weighted by Crippen LogP contribution is 2.25. The third-order valence-corrected chi connectivity index (χ3v) is 3.31. The largest absolute Gasteiger partial charge is 0.313 e. The van der Waals surface area contributed by atoms with Gasteiger partial charge >= 0.3 is 0 Å². The number of amides is 1. The lowest BCUT2D eigenvalue weighted by atomic mass is 10.0. The molecule has 3 nitrogen and oxygen atoms in total. The van der Waals surface area contributed by atoms with Crippen LogP contribution < -0.4 is 4.90 Å². The van der Waals surface area contributed by atoms with Crippen LogP contribution in [0.2, 0.25) is 0 Å². The second-order valence-electron chi connectivity index (χ2n) is 4.50. The van der Waals surface area contributed by atoms with E-state index in [1.54, 1.807) is 11.9 Å². The molecular formula is C20H26N2O. The van der Waals surface area contributed by atoms with Gasteiger partial charge in [0.25, 0.3) is 0 Å². The molecule has 0 spiro atoms. The number of nitrogens with zero attached hydrogens (tertiary/aromatic N) is 2. The minimum atomic E-state index is 0.0124. The van der Waals surface area contributed by atoms with Crippen LogP contribution in [0.5, 0.6) is 0 Å². The second-order valence-corrected chi connectivity index (χ2v) is 4.50. The van der Waals surface area contributed by atoms with Crippen LogP contribution in [0.1, 0.15) is 38.8 Å². The first-order valence-corrected chi connectivity index (χ1v) is 8.23. The summed E-state index contributed by atoms with van der Waals surface area (Å²) >= 11 is 0. The van der Waals surface area contributed by atoms with Crippen molar-refractivity contribution in [2.45, 2.75) is 27.7 Å². The summed E-state index contributed by atoms with van der Waals surface area (Å²) in [6.45, 7) is 8.19. The van der Waals surface area contributed by atoms with Gasteiger partial charge in [0.15, 0.2) is 0 Å². The van der Waals surface area contributed by atoms with Crippen molar-refractivity contribution in [2.75, 3.05) is 18.5 Å². The number of anilines is 1. The van der Waals surface area contributed by atoms with E-state index < -0.39 is 0 Å². The fourth-order valence-electron chi connectivity index (χ4n) is 2.28. The first-order chi connectivity index (χ1) is 11.3. The van der Waals surface area contributed by atoms with Gasteiger partial charge in [-0.2, -0.15) is 0 Å². The zero-order chi connectivity index (χ0) is 17.2. The molecule has 0 fully saturated rings. The summed E-state index contributed by atoms with van der Waals surface area (Å²) in [5.74, 6) is 0.0124. The number of hydrogen-bond donors (Lipinski definition) is 0. The number of rotatable bonds is 1. The van der Waals surface area contributed by atoms with E-state index in [0.717, 1.165) is 22.5 Å². The second kappa shape index (κ2) is 9.57. The Hall–Kier alpha value is -2.42. The molecule has 2 aromatic rings. The highest BCUT2D eigenvalue weighted by molar-refractivity contribution is 6.19. The number of para-hydroxylation sites is 1. The molecule has 1 aliphatic rings. The summed E-state index contributed by atoms with van der Waals surface area (Å²) in [6.07, 6.45) is 0. The minimum absolute atomic E-state index is 0.0124. The summed E-state index contributed by atoms with van der Waals surface area (Å²) in [6, 6.07) is 17.9. The molecule has 0 aliphatic carbocycles. The van der Waals surface area contributed by atoms with Gasteiger partial charge < -0.3 is 4.90 Å². The fourth-order valence-corrected chi connectivity index (χ4v) is 2.28. The Balaban J connectivity index is 0.000000615. The minimum Gasteiger partial charge on any atom is -0.313 e. The van der Waals surface area contributed by atoms with Gasteiger partial charge in [-0.3, -0.25) is 9.79 Å². The monoisotopic (exact) mass is 310 g/mol. The molecule has 23 heavy (non-hydrogen) atoms. The van der Waals surface area contributed by atoms with Crippen molar-refractivity contribution in [1.29, 1.82) is 0 Å². The average Bonchev–Trinajstić information content (AvgIpc) is 2.77. The van der Waals surface area contributed by atoms with Crippen LogP contribution in [0, 0.1) is 0 Å². The number of carbonyl (C=O) groups is 1. The highest BCUT2D eigenvalue weighted by Gasteiger charge is 2.21. The number of benzene rings is 2.